The minimum Gasteiger partial charge on any atom is -0.454 e. The lowest BCUT2D eigenvalue weighted by molar-refractivity contribution is -0.118. The molecule has 5 rings (SSSR count). The monoisotopic (exact) mass is 415 g/mol. The van der Waals surface area contributed by atoms with Crippen LogP contribution in [0.25, 0.3) is 11.1 Å². The first-order chi connectivity index (χ1) is 15.0. The minimum atomic E-state index is -0.487. The number of hydrogen-bond donors (Lipinski definition) is 1. The standard InChI is InChI=1S/C27H27NO3.H2/c1-17(2)21-6-4-5-7-22(21)19-9-8-18(3)23(14-19)28-26(29)27(12-13-27)20-10-11-24-25(15-20)31-16-30-24;/h4-11,14-15,17H,12-13,16H2,1-3H3,(H,28,29);1H. The Balaban J connectivity index is 0.00000245. The summed E-state index contributed by atoms with van der Waals surface area (Å²) in [6, 6.07) is 20.6. The van der Waals surface area contributed by atoms with Crippen LogP contribution in [0.15, 0.2) is 60.7 Å². The van der Waals surface area contributed by atoms with E-state index >= 15 is 0 Å². The quantitative estimate of drug-likeness (QED) is 0.522. The van der Waals surface area contributed by atoms with Gasteiger partial charge in [0.1, 0.15) is 0 Å². The average molecular weight is 416 g/mol. The molecule has 1 saturated carbocycles. The summed E-state index contributed by atoms with van der Waals surface area (Å²) in [5.41, 5.74) is 6.08. The molecular formula is C27H29NO3. The molecule has 160 valence electrons. The third kappa shape index (κ3) is 3.46. The van der Waals surface area contributed by atoms with Crippen molar-refractivity contribution in [1.29, 1.82) is 0 Å². The van der Waals surface area contributed by atoms with E-state index in [1.165, 1.54) is 11.1 Å². The number of benzene rings is 3. The van der Waals surface area contributed by atoms with Crippen LogP contribution in [0.2, 0.25) is 0 Å². The van der Waals surface area contributed by atoms with Gasteiger partial charge in [-0.05, 0) is 71.7 Å². The van der Waals surface area contributed by atoms with Crippen molar-refractivity contribution in [2.24, 2.45) is 0 Å². The third-order valence-electron chi connectivity index (χ3n) is 6.49. The van der Waals surface area contributed by atoms with E-state index in [4.69, 9.17) is 9.47 Å². The smallest absolute Gasteiger partial charge is 0.235 e. The Morgan fingerprint density at radius 1 is 1.00 bits per heavy atom. The Morgan fingerprint density at radius 2 is 1.77 bits per heavy atom. The molecule has 0 aromatic heterocycles. The molecule has 1 heterocycles. The minimum absolute atomic E-state index is 0. The molecule has 4 heteroatoms. The van der Waals surface area contributed by atoms with E-state index in [0.29, 0.717) is 5.92 Å². The maximum atomic E-state index is 13.4. The van der Waals surface area contributed by atoms with Crippen LogP contribution in [-0.2, 0) is 10.2 Å². The van der Waals surface area contributed by atoms with Gasteiger partial charge in [0.25, 0.3) is 0 Å². The molecule has 3 aromatic rings. The first-order valence-electron chi connectivity index (χ1n) is 10.9. The second-order valence-corrected chi connectivity index (χ2v) is 8.88. The van der Waals surface area contributed by atoms with Gasteiger partial charge in [-0.3, -0.25) is 4.79 Å². The summed E-state index contributed by atoms with van der Waals surface area (Å²) in [7, 11) is 0. The van der Waals surface area contributed by atoms with Crippen molar-refractivity contribution in [3.63, 3.8) is 0 Å². The van der Waals surface area contributed by atoms with Crippen LogP contribution in [0, 0.1) is 6.92 Å². The van der Waals surface area contributed by atoms with Gasteiger partial charge in [0, 0.05) is 7.11 Å². The van der Waals surface area contributed by atoms with E-state index in [1.54, 1.807) is 0 Å². The first kappa shape index (κ1) is 19.7. The van der Waals surface area contributed by atoms with Crippen molar-refractivity contribution in [3.05, 3.63) is 77.4 Å². The molecule has 1 aliphatic heterocycles. The van der Waals surface area contributed by atoms with Crippen LogP contribution in [-0.4, -0.2) is 12.7 Å². The highest BCUT2D eigenvalue weighted by Crippen LogP contribution is 2.51. The van der Waals surface area contributed by atoms with E-state index in [9.17, 15) is 4.79 Å². The normalized spacial score (nSPS) is 15.7. The molecule has 0 radical (unpaired) electrons. The summed E-state index contributed by atoms with van der Waals surface area (Å²) in [6.07, 6.45) is 1.68. The molecular weight excluding hydrogens is 386 g/mol. The lowest BCUT2D eigenvalue weighted by atomic mass is 9.91. The second kappa shape index (κ2) is 7.45. The Hall–Kier alpha value is -3.27. The van der Waals surface area contributed by atoms with Gasteiger partial charge in [-0.25, -0.2) is 0 Å². The number of carbonyl (C=O) groups excluding carboxylic acids is 1. The van der Waals surface area contributed by atoms with Crippen LogP contribution < -0.4 is 14.8 Å². The van der Waals surface area contributed by atoms with Crippen LogP contribution in [0.4, 0.5) is 5.69 Å². The zero-order chi connectivity index (χ0) is 21.6. The number of aryl methyl sites for hydroxylation is 1. The van der Waals surface area contributed by atoms with Crippen molar-refractivity contribution in [3.8, 4) is 22.6 Å². The average Bonchev–Trinajstić information content (AvgIpc) is 3.46. The maximum Gasteiger partial charge on any atom is 0.235 e. The van der Waals surface area contributed by atoms with Gasteiger partial charge in [0.05, 0.1) is 5.41 Å². The molecule has 0 unspecified atom stereocenters. The number of nitrogens with one attached hydrogen (secondary N) is 1. The van der Waals surface area contributed by atoms with Gasteiger partial charge in [-0.15, -0.1) is 0 Å². The fourth-order valence-corrected chi connectivity index (χ4v) is 4.40. The van der Waals surface area contributed by atoms with Crippen LogP contribution in [0.3, 0.4) is 0 Å². The van der Waals surface area contributed by atoms with Crippen molar-refractivity contribution in [2.45, 2.75) is 44.9 Å². The summed E-state index contributed by atoms with van der Waals surface area (Å²) in [6.45, 7) is 6.69. The zero-order valence-corrected chi connectivity index (χ0v) is 18.2. The van der Waals surface area contributed by atoms with Crippen molar-refractivity contribution < 1.29 is 15.7 Å². The highest BCUT2D eigenvalue weighted by molar-refractivity contribution is 6.02. The fourth-order valence-electron chi connectivity index (χ4n) is 4.40. The number of rotatable bonds is 5. The largest absolute Gasteiger partial charge is 0.454 e. The summed E-state index contributed by atoms with van der Waals surface area (Å²) in [5, 5.41) is 3.23. The van der Waals surface area contributed by atoms with E-state index in [-0.39, 0.29) is 14.1 Å². The molecule has 4 nitrogen and oxygen atoms in total. The number of amides is 1. The van der Waals surface area contributed by atoms with E-state index < -0.39 is 5.41 Å². The van der Waals surface area contributed by atoms with Gasteiger partial charge >= 0.3 is 0 Å². The predicted octanol–water partition coefficient (Wildman–Crippen LogP) is 6.43. The molecule has 0 spiro atoms. The highest BCUT2D eigenvalue weighted by atomic mass is 16.7. The molecule has 1 fully saturated rings. The number of fused-ring (bicyclic) bond motifs is 1. The molecule has 0 atom stereocenters. The Bertz CT molecular complexity index is 1170. The van der Waals surface area contributed by atoms with Crippen molar-refractivity contribution in [1.82, 2.24) is 0 Å². The number of ether oxygens (including phenoxy) is 2. The van der Waals surface area contributed by atoms with Gasteiger partial charge in [-0.2, -0.15) is 0 Å². The summed E-state index contributed by atoms with van der Waals surface area (Å²) in [4.78, 5) is 13.4. The van der Waals surface area contributed by atoms with E-state index in [1.807, 2.05) is 25.1 Å². The molecule has 1 amide bonds. The molecule has 0 saturated heterocycles. The van der Waals surface area contributed by atoms with Crippen molar-refractivity contribution >= 4 is 11.6 Å². The molecule has 1 N–H and O–H groups in total. The van der Waals surface area contributed by atoms with Gasteiger partial charge in [-0.1, -0.05) is 56.3 Å². The maximum absolute atomic E-state index is 13.4. The van der Waals surface area contributed by atoms with Gasteiger partial charge < -0.3 is 14.8 Å². The van der Waals surface area contributed by atoms with Crippen LogP contribution in [0.5, 0.6) is 11.5 Å². The molecule has 1 aliphatic carbocycles. The number of anilines is 1. The van der Waals surface area contributed by atoms with Gasteiger partial charge in [0.15, 0.2) is 11.5 Å². The van der Waals surface area contributed by atoms with Crippen LogP contribution in [0.1, 0.15) is 50.7 Å². The first-order valence-corrected chi connectivity index (χ1v) is 10.9. The Kier molecular flexibility index (Phi) is 4.73. The Morgan fingerprint density at radius 3 is 2.55 bits per heavy atom. The summed E-state index contributed by atoms with van der Waals surface area (Å²) in [5.74, 6) is 1.94. The number of carbonyl (C=O) groups is 1. The highest BCUT2D eigenvalue weighted by Gasteiger charge is 2.51. The second-order valence-electron chi connectivity index (χ2n) is 8.88. The zero-order valence-electron chi connectivity index (χ0n) is 18.2. The topological polar surface area (TPSA) is 47.6 Å². The predicted molar refractivity (Wildman–Crippen MR) is 125 cm³/mol. The lowest BCUT2D eigenvalue weighted by Crippen LogP contribution is -2.28. The fraction of sp³-hybridized carbons (Fsp3) is 0.296. The summed E-state index contributed by atoms with van der Waals surface area (Å²) >= 11 is 0. The molecule has 0 bridgehead atoms. The Labute approximate surface area is 184 Å². The summed E-state index contributed by atoms with van der Waals surface area (Å²) < 4.78 is 10.9. The molecule has 2 aliphatic rings. The van der Waals surface area contributed by atoms with Crippen molar-refractivity contribution in [2.75, 3.05) is 12.1 Å². The third-order valence-corrected chi connectivity index (χ3v) is 6.49. The van der Waals surface area contributed by atoms with Crippen LogP contribution >= 0.6 is 0 Å². The van der Waals surface area contributed by atoms with E-state index in [0.717, 1.165) is 46.7 Å². The lowest BCUT2D eigenvalue weighted by Gasteiger charge is -2.19. The molecule has 31 heavy (non-hydrogen) atoms. The molecule has 3 aromatic carbocycles. The van der Waals surface area contributed by atoms with E-state index in [2.05, 4.69) is 61.6 Å². The number of hydrogen-bond acceptors (Lipinski definition) is 3. The SMILES string of the molecule is Cc1ccc(-c2ccccc2C(C)C)cc1NC(=O)C1(c2ccc3c(c2)OCO3)CC1.[HH]. The van der Waals surface area contributed by atoms with Gasteiger partial charge in [0.2, 0.25) is 12.7 Å².